The zero-order valence-corrected chi connectivity index (χ0v) is 10.6. The molecule has 0 aromatic carbocycles. The number of nitrogens with one attached hydrogen (secondary N) is 1. The molecule has 2 heterocycles. The number of imidazole rings is 1. The number of aromatic nitrogens is 3. The van der Waals surface area contributed by atoms with Crippen molar-refractivity contribution in [1.82, 2.24) is 14.5 Å². The molecule has 0 spiro atoms. The second-order valence-electron chi connectivity index (χ2n) is 3.60. The first-order valence-electron chi connectivity index (χ1n) is 5.04. The number of oxime groups is 1. The van der Waals surface area contributed by atoms with Crippen LogP contribution in [0, 0.1) is 0 Å². The van der Waals surface area contributed by atoms with E-state index in [1.165, 1.54) is 11.3 Å². The van der Waals surface area contributed by atoms with Gasteiger partial charge in [0.15, 0.2) is 5.13 Å². The van der Waals surface area contributed by atoms with Gasteiger partial charge in [0.05, 0.1) is 6.33 Å². The van der Waals surface area contributed by atoms with Crippen LogP contribution in [-0.2, 0) is 7.05 Å². The topological polar surface area (TPSA) is 92.4 Å². The van der Waals surface area contributed by atoms with Crippen molar-refractivity contribution in [2.75, 3.05) is 5.32 Å². The normalized spacial score (nSPS) is 11.6. The van der Waals surface area contributed by atoms with Gasteiger partial charge in [-0.2, -0.15) is 0 Å². The number of hydrogen-bond donors (Lipinski definition) is 2. The lowest BCUT2D eigenvalue weighted by molar-refractivity contribution is 0.102. The van der Waals surface area contributed by atoms with E-state index in [1.54, 1.807) is 36.4 Å². The molecule has 94 valence electrons. The van der Waals surface area contributed by atoms with Crippen LogP contribution in [0.1, 0.15) is 23.1 Å². The number of aryl methyl sites for hydroxylation is 1. The highest BCUT2D eigenvalue weighted by Crippen LogP contribution is 2.16. The molecule has 0 aliphatic heterocycles. The molecular formula is C10H11N5O2S. The number of rotatable bonds is 3. The van der Waals surface area contributed by atoms with Crippen molar-refractivity contribution < 1.29 is 10.0 Å². The van der Waals surface area contributed by atoms with Crippen LogP contribution in [0.25, 0.3) is 0 Å². The summed E-state index contributed by atoms with van der Waals surface area (Å²) in [5, 5.41) is 16.4. The van der Waals surface area contributed by atoms with E-state index in [1.807, 2.05) is 0 Å². The van der Waals surface area contributed by atoms with Crippen molar-refractivity contribution in [3.63, 3.8) is 0 Å². The minimum absolute atomic E-state index is 0.321. The predicted octanol–water partition coefficient (Wildman–Crippen LogP) is 1.33. The number of thiazole rings is 1. The lowest BCUT2D eigenvalue weighted by Crippen LogP contribution is -2.12. The van der Waals surface area contributed by atoms with Crippen LogP contribution in [0.5, 0.6) is 0 Å². The van der Waals surface area contributed by atoms with E-state index >= 15 is 0 Å². The highest BCUT2D eigenvalue weighted by molar-refractivity contribution is 7.14. The summed E-state index contributed by atoms with van der Waals surface area (Å²) in [7, 11) is 1.78. The quantitative estimate of drug-likeness (QED) is 0.497. The van der Waals surface area contributed by atoms with E-state index in [0.717, 1.165) is 0 Å². The summed E-state index contributed by atoms with van der Waals surface area (Å²) in [6.45, 7) is 1.62. The average Bonchev–Trinajstić information content (AvgIpc) is 2.97. The fourth-order valence-electron chi connectivity index (χ4n) is 1.24. The zero-order valence-electron chi connectivity index (χ0n) is 9.78. The van der Waals surface area contributed by atoms with Gasteiger partial charge in [-0.1, -0.05) is 5.16 Å². The monoisotopic (exact) mass is 265 g/mol. The molecule has 1 amide bonds. The molecule has 0 bridgehead atoms. The van der Waals surface area contributed by atoms with Crippen molar-refractivity contribution in [3.8, 4) is 0 Å². The number of nitrogens with zero attached hydrogens (tertiary/aromatic N) is 4. The van der Waals surface area contributed by atoms with Gasteiger partial charge in [-0.25, -0.2) is 9.97 Å². The molecule has 0 aliphatic carbocycles. The average molecular weight is 265 g/mol. The number of carbonyl (C=O) groups is 1. The molecule has 0 saturated carbocycles. The minimum atomic E-state index is -0.324. The van der Waals surface area contributed by atoms with Crippen molar-refractivity contribution >= 4 is 28.1 Å². The van der Waals surface area contributed by atoms with E-state index < -0.39 is 0 Å². The third-order valence-electron chi connectivity index (χ3n) is 2.18. The molecule has 2 aromatic rings. The third kappa shape index (κ3) is 2.54. The molecule has 18 heavy (non-hydrogen) atoms. The van der Waals surface area contributed by atoms with Gasteiger partial charge in [-0.15, -0.1) is 11.3 Å². The highest BCUT2D eigenvalue weighted by atomic mass is 32.1. The third-order valence-corrected chi connectivity index (χ3v) is 2.94. The number of anilines is 1. The molecule has 7 nitrogen and oxygen atoms in total. The Morgan fingerprint density at radius 1 is 1.56 bits per heavy atom. The standard InChI is InChI=1S/C10H11N5O2S/c1-6(14-17)8-4-18-10(12-8)13-9(16)7-3-15(2)5-11-7/h3-5,17H,1-2H3,(H,12,13,16). The summed E-state index contributed by atoms with van der Waals surface area (Å²) >= 11 is 1.25. The Bertz CT molecular complexity index is 601. The summed E-state index contributed by atoms with van der Waals surface area (Å²) in [5.41, 5.74) is 1.24. The molecular weight excluding hydrogens is 254 g/mol. The molecule has 0 unspecified atom stereocenters. The number of carbonyl (C=O) groups excluding carboxylic acids is 1. The lowest BCUT2D eigenvalue weighted by atomic mass is 10.3. The lowest BCUT2D eigenvalue weighted by Gasteiger charge is -1.97. The van der Waals surface area contributed by atoms with Crippen molar-refractivity contribution in [1.29, 1.82) is 0 Å². The maximum atomic E-state index is 11.8. The number of amides is 1. The Balaban J connectivity index is 2.10. The van der Waals surface area contributed by atoms with Gasteiger partial charge < -0.3 is 9.77 Å². The molecule has 2 N–H and O–H groups in total. The second-order valence-corrected chi connectivity index (χ2v) is 4.46. The first kappa shape index (κ1) is 12.2. The molecule has 2 rings (SSSR count). The van der Waals surface area contributed by atoms with Gasteiger partial charge in [0.1, 0.15) is 17.1 Å². The predicted molar refractivity (Wildman–Crippen MR) is 67.3 cm³/mol. The van der Waals surface area contributed by atoms with Crippen LogP contribution < -0.4 is 5.32 Å². The molecule has 8 heteroatoms. The van der Waals surface area contributed by atoms with Crippen LogP contribution >= 0.6 is 11.3 Å². The van der Waals surface area contributed by atoms with E-state index in [2.05, 4.69) is 20.4 Å². The van der Waals surface area contributed by atoms with E-state index in [9.17, 15) is 4.79 Å². The Kier molecular flexibility index (Phi) is 3.38. The molecule has 0 atom stereocenters. The Hall–Kier alpha value is -2.22. The summed E-state index contributed by atoms with van der Waals surface area (Å²) < 4.78 is 1.69. The van der Waals surface area contributed by atoms with Gasteiger partial charge in [0.2, 0.25) is 0 Å². The SMILES string of the molecule is CC(=NO)c1csc(NC(=O)c2cn(C)cn2)n1. The Morgan fingerprint density at radius 2 is 2.33 bits per heavy atom. The van der Waals surface area contributed by atoms with Gasteiger partial charge in [-0.3, -0.25) is 10.1 Å². The largest absolute Gasteiger partial charge is 0.411 e. The number of hydrogen-bond acceptors (Lipinski definition) is 6. The first-order chi connectivity index (χ1) is 8.60. The van der Waals surface area contributed by atoms with Crippen LogP contribution in [0.4, 0.5) is 5.13 Å². The van der Waals surface area contributed by atoms with Crippen LogP contribution in [0.3, 0.4) is 0 Å². The summed E-state index contributed by atoms with van der Waals surface area (Å²) in [6, 6.07) is 0. The summed E-state index contributed by atoms with van der Waals surface area (Å²) in [5.74, 6) is -0.324. The van der Waals surface area contributed by atoms with E-state index in [0.29, 0.717) is 22.2 Å². The van der Waals surface area contributed by atoms with Gasteiger partial charge in [-0.05, 0) is 6.92 Å². The Labute approximate surface area is 107 Å². The minimum Gasteiger partial charge on any atom is -0.411 e. The smallest absolute Gasteiger partial charge is 0.277 e. The molecule has 0 fully saturated rings. The molecule has 2 aromatic heterocycles. The van der Waals surface area contributed by atoms with Crippen molar-refractivity contribution in [2.24, 2.45) is 12.2 Å². The maximum absolute atomic E-state index is 11.8. The van der Waals surface area contributed by atoms with Crippen molar-refractivity contribution in [3.05, 3.63) is 29.3 Å². The van der Waals surface area contributed by atoms with Gasteiger partial charge in [0, 0.05) is 18.6 Å². The fourth-order valence-corrected chi connectivity index (χ4v) is 1.99. The molecule has 0 aliphatic rings. The van der Waals surface area contributed by atoms with E-state index in [-0.39, 0.29) is 5.91 Å². The van der Waals surface area contributed by atoms with Crippen LogP contribution in [0.15, 0.2) is 23.1 Å². The van der Waals surface area contributed by atoms with Crippen LogP contribution in [0.2, 0.25) is 0 Å². The van der Waals surface area contributed by atoms with Crippen molar-refractivity contribution in [2.45, 2.75) is 6.92 Å². The fraction of sp³-hybridized carbons (Fsp3) is 0.200. The Morgan fingerprint density at radius 3 is 2.94 bits per heavy atom. The highest BCUT2D eigenvalue weighted by Gasteiger charge is 2.12. The maximum Gasteiger partial charge on any atom is 0.277 e. The second kappa shape index (κ2) is 4.96. The van der Waals surface area contributed by atoms with Crippen LogP contribution in [-0.4, -0.2) is 31.4 Å². The first-order valence-corrected chi connectivity index (χ1v) is 5.92. The van der Waals surface area contributed by atoms with E-state index in [4.69, 9.17) is 5.21 Å². The van der Waals surface area contributed by atoms with Gasteiger partial charge in [0.25, 0.3) is 5.91 Å². The zero-order chi connectivity index (χ0) is 13.1. The summed E-state index contributed by atoms with van der Waals surface area (Å²) in [6.07, 6.45) is 3.16. The molecule has 0 saturated heterocycles. The summed E-state index contributed by atoms with van der Waals surface area (Å²) in [4.78, 5) is 19.8. The van der Waals surface area contributed by atoms with Gasteiger partial charge >= 0.3 is 0 Å². The molecule has 0 radical (unpaired) electrons.